The van der Waals surface area contributed by atoms with E-state index in [1.165, 1.54) is 11.8 Å². The Kier molecular flexibility index (Phi) is 5.06. The van der Waals surface area contributed by atoms with Crippen molar-refractivity contribution < 1.29 is 9.59 Å². The molecule has 1 saturated heterocycles. The summed E-state index contributed by atoms with van der Waals surface area (Å²) >= 11 is 1.50. The van der Waals surface area contributed by atoms with Gasteiger partial charge in [0.05, 0.1) is 5.75 Å². The molecule has 1 aromatic carbocycles. The highest BCUT2D eigenvalue weighted by atomic mass is 32.2. The fraction of sp³-hybridized carbons (Fsp3) is 0.467. The zero-order valence-corrected chi connectivity index (χ0v) is 12.7. The lowest BCUT2D eigenvalue weighted by atomic mass is 10.0. The van der Waals surface area contributed by atoms with E-state index >= 15 is 0 Å². The molecule has 0 aliphatic carbocycles. The van der Waals surface area contributed by atoms with E-state index in [0.717, 1.165) is 29.7 Å². The maximum absolute atomic E-state index is 12.3. The van der Waals surface area contributed by atoms with E-state index in [1.54, 1.807) is 0 Å². The summed E-state index contributed by atoms with van der Waals surface area (Å²) in [6.45, 7) is 4.14. The summed E-state index contributed by atoms with van der Waals surface area (Å²) < 4.78 is 0. The molecule has 0 radical (unpaired) electrons. The molecule has 0 aromatic heterocycles. The highest BCUT2D eigenvalue weighted by Crippen LogP contribution is 2.23. The van der Waals surface area contributed by atoms with E-state index in [4.69, 9.17) is 0 Å². The molecule has 1 fully saturated rings. The smallest absolute Gasteiger partial charge is 0.247 e. The Morgan fingerprint density at radius 1 is 1.35 bits per heavy atom. The fourth-order valence-corrected chi connectivity index (χ4v) is 3.16. The van der Waals surface area contributed by atoms with Gasteiger partial charge in [0.1, 0.15) is 6.04 Å². The van der Waals surface area contributed by atoms with Gasteiger partial charge < -0.3 is 10.6 Å². The predicted molar refractivity (Wildman–Crippen MR) is 83.1 cm³/mol. The number of aryl methyl sites for hydroxylation is 2. The Bertz CT molecular complexity index is 494. The number of hydrogen-bond acceptors (Lipinski definition) is 3. The van der Waals surface area contributed by atoms with Crippen molar-refractivity contribution in [1.29, 1.82) is 0 Å². The summed E-state index contributed by atoms with van der Waals surface area (Å²) in [5.41, 5.74) is 3.17. The average Bonchev–Trinajstić information content (AvgIpc) is 2.47. The molecule has 1 unspecified atom stereocenters. The lowest BCUT2D eigenvalue weighted by Gasteiger charge is -2.23. The normalized spacial score (nSPS) is 18.5. The minimum atomic E-state index is -0.434. The number of thioether (sulfide) groups is 1. The molecule has 1 atom stereocenters. The van der Waals surface area contributed by atoms with Crippen molar-refractivity contribution in [3.63, 3.8) is 0 Å². The van der Waals surface area contributed by atoms with Crippen molar-refractivity contribution in [2.75, 3.05) is 16.8 Å². The molecule has 0 bridgehead atoms. The molecule has 1 aromatic rings. The van der Waals surface area contributed by atoms with Crippen molar-refractivity contribution >= 4 is 29.3 Å². The molecule has 0 saturated carbocycles. The Morgan fingerprint density at radius 3 is 2.55 bits per heavy atom. The lowest BCUT2D eigenvalue weighted by Crippen LogP contribution is -2.49. The second-order valence-corrected chi connectivity index (χ2v) is 5.81. The van der Waals surface area contributed by atoms with Crippen LogP contribution in [0.15, 0.2) is 18.2 Å². The Labute approximate surface area is 123 Å². The standard InChI is InChI=1S/C15H20N2O2S/c1-3-10-6-5-7-11(4-2)14(10)17-15(19)12-8-20-9-13(18)16-12/h5-7,12H,3-4,8-9H2,1-2H3,(H,16,18)(H,17,19). The molecule has 108 valence electrons. The van der Waals surface area contributed by atoms with Crippen molar-refractivity contribution in [2.24, 2.45) is 0 Å². The minimum Gasteiger partial charge on any atom is -0.343 e. The van der Waals surface area contributed by atoms with E-state index < -0.39 is 6.04 Å². The highest BCUT2D eigenvalue weighted by Gasteiger charge is 2.25. The lowest BCUT2D eigenvalue weighted by molar-refractivity contribution is -0.124. The number of carbonyl (C=O) groups is 2. The SMILES string of the molecule is CCc1cccc(CC)c1NC(=O)C1CSCC(=O)N1. The number of carbonyl (C=O) groups excluding carboxylic acids is 2. The molecular weight excluding hydrogens is 272 g/mol. The van der Waals surface area contributed by atoms with E-state index in [9.17, 15) is 9.59 Å². The van der Waals surface area contributed by atoms with Gasteiger partial charge in [0.2, 0.25) is 11.8 Å². The van der Waals surface area contributed by atoms with Gasteiger partial charge in [-0.25, -0.2) is 0 Å². The van der Waals surface area contributed by atoms with E-state index in [0.29, 0.717) is 11.5 Å². The van der Waals surface area contributed by atoms with E-state index in [2.05, 4.69) is 24.5 Å². The van der Waals surface area contributed by atoms with Crippen LogP contribution in [-0.4, -0.2) is 29.4 Å². The van der Waals surface area contributed by atoms with Gasteiger partial charge in [-0.15, -0.1) is 11.8 Å². The van der Waals surface area contributed by atoms with Crippen LogP contribution in [0, 0.1) is 0 Å². The van der Waals surface area contributed by atoms with Crippen molar-refractivity contribution in [3.8, 4) is 0 Å². The zero-order valence-electron chi connectivity index (χ0n) is 11.9. The molecule has 2 N–H and O–H groups in total. The number of rotatable bonds is 4. The fourth-order valence-electron chi connectivity index (χ4n) is 2.30. The second-order valence-electron chi connectivity index (χ2n) is 4.78. The van der Waals surface area contributed by atoms with Crippen molar-refractivity contribution in [3.05, 3.63) is 29.3 Å². The first-order valence-electron chi connectivity index (χ1n) is 6.94. The second kappa shape index (κ2) is 6.79. The quantitative estimate of drug-likeness (QED) is 0.892. The first-order valence-corrected chi connectivity index (χ1v) is 8.09. The first-order chi connectivity index (χ1) is 9.65. The predicted octanol–water partition coefficient (Wildman–Crippen LogP) is 1.98. The van der Waals surface area contributed by atoms with Gasteiger partial charge >= 0.3 is 0 Å². The third-order valence-electron chi connectivity index (χ3n) is 3.42. The molecule has 20 heavy (non-hydrogen) atoms. The number of nitrogens with one attached hydrogen (secondary N) is 2. The topological polar surface area (TPSA) is 58.2 Å². The van der Waals surface area contributed by atoms with Crippen LogP contribution in [0.1, 0.15) is 25.0 Å². The highest BCUT2D eigenvalue weighted by molar-refractivity contribution is 8.00. The van der Waals surface area contributed by atoms with Crippen LogP contribution in [-0.2, 0) is 22.4 Å². The Hall–Kier alpha value is -1.49. The van der Waals surface area contributed by atoms with Gasteiger partial charge in [0.15, 0.2) is 0 Å². The summed E-state index contributed by atoms with van der Waals surface area (Å²) in [5, 5.41) is 5.74. The van der Waals surface area contributed by atoms with Crippen LogP contribution >= 0.6 is 11.8 Å². The molecule has 2 amide bonds. The van der Waals surface area contributed by atoms with Gasteiger partial charge in [-0.2, -0.15) is 0 Å². The molecular formula is C15H20N2O2S. The largest absolute Gasteiger partial charge is 0.343 e. The molecule has 0 spiro atoms. The molecule has 4 nitrogen and oxygen atoms in total. The van der Waals surface area contributed by atoms with Crippen molar-refractivity contribution in [2.45, 2.75) is 32.7 Å². The van der Waals surface area contributed by atoms with Crippen LogP contribution in [0.25, 0.3) is 0 Å². The summed E-state index contributed by atoms with van der Waals surface area (Å²) in [6.07, 6.45) is 1.74. The van der Waals surface area contributed by atoms with Gasteiger partial charge in [0.25, 0.3) is 0 Å². The number of benzene rings is 1. The first kappa shape index (κ1) is 14.9. The van der Waals surface area contributed by atoms with E-state index in [1.807, 2.05) is 18.2 Å². The number of para-hydroxylation sites is 1. The van der Waals surface area contributed by atoms with Gasteiger partial charge in [-0.1, -0.05) is 32.0 Å². The van der Waals surface area contributed by atoms with Crippen LogP contribution < -0.4 is 10.6 Å². The molecule has 1 aliphatic heterocycles. The Morgan fingerprint density at radius 2 is 2.00 bits per heavy atom. The van der Waals surface area contributed by atoms with Crippen LogP contribution in [0.4, 0.5) is 5.69 Å². The summed E-state index contributed by atoms with van der Waals surface area (Å²) in [7, 11) is 0. The molecule has 1 aliphatic rings. The minimum absolute atomic E-state index is 0.0686. The number of amides is 2. The van der Waals surface area contributed by atoms with Gasteiger partial charge in [0, 0.05) is 11.4 Å². The average molecular weight is 292 g/mol. The van der Waals surface area contributed by atoms with Crippen LogP contribution in [0.2, 0.25) is 0 Å². The molecule has 5 heteroatoms. The monoisotopic (exact) mass is 292 g/mol. The molecule has 2 rings (SSSR count). The number of anilines is 1. The van der Waals surface area contributed by atoms with Crippen molar-refractivity contribution in [1.82, 2.24) is 5.32 Å². The maximum atomic E-state index is 12.3. The third kappa shape index (κ3) is 3.33. The number of hydrogen-bond donors (Lipinski definition) is 2. The zero-order chi connectivity index (χ0) is 14.5. The summed E-state index contributed by atoms with van der Waals surface area (Å²) in [4.78, 5) is 23.7. The van der Waals surface area contributed by atoms with Crippen LogP contribution in [0.5, 0.6) is 0 Å². The van der Waals surface area contributed by atoms with Gasteiger partial charge in [-0.3, -0.25) is 9.59 Å². The summed E-state index contributed by atoms with van der Waals surface area (Å²) in [5.74, 6) is 0.880. The third-order valence-corrected chi connectivity index (χ3v) is 4.45. The summed E-state index contributed by atoms with van der Waals surface area (Å²) in [6, 6.07) is 5.65. The molecule has 1 heterocycles. The van der Waals surface area contributed by atoms with Gasteiger partial charge in [-0.05, 0) is 24.0 Å². The van der Waals surface area contributed by atoms with E-state index in [-0.39, 0.29) is 11.8 Å². The maximum Gasteiger partial charge on any atom is 0.247 e. The van der Waals surface area contributed by atoms with Crippen LogP contribution in [0.3, 0.4) is 0 Å². The Balaban J connectivity index is 2.16.